The number of ether oxygens (including phenoxy) is 1. The van der Waals surface area contributed by atoms with E-state index in [0.29, 0.717) is 12.5 Å². The number of hydrogen-bond acceptors (Lipinski definition) is 2. The van der Waals surface area contributed by atoms with Crippen molar-refractivity contribution in [3.05, 3.63) is 35.9 Å². The second kappa shape index (κ2) is 7.46. The molecule has 2 unspecified atom stereocenters. The summed E-state index contributed by atoms with van der Waals surface area (Å²) in [6.07, 6.45) is 2.39. The molecule has 17 heavy (non-hydrogen) atoms. The minimum atomic E-state index is 0.134. The third-order valence-electron chi connectivity index (χ3n) is 2.80. The molecule has 0 radical (unpaired) electrons. The molecule has 0 aliphatic rings. The lowest BCUT2D eigenvalue weighted by molar-refractivity contribution is -0.0163. The third kappa shape index (κ3) is 5.33. The van der Waals surface area contributed by atoms with E-state index in [4.69, 9.17) is 10.5 Å². The Labute approximate surface area is 105 Å². The zero-order valence-electron chi connectivity index (χ0n) is 11.2. The van der Waals surface area contributed by atoms with Gasteiger partial charge in [-0.25, -0.2) is 0 Å². The minimum Gasteiger partial charge on any atom is -0.371 e. The van der Waals surface area contributed by atoms with E-state index in [1.54, 1.807) is 0 Å². The Hall–Kier alpha value is -0.860. The quantitative estimate of drug-likeness (QED) is 0.784. The van der Waals surface area contributed by atoms with Crippen molar-refractivity contribution in [2.24, 2.45) is 11.7 Å². The van der Waals surface area contributed by atoms with Crippen molar-refractivity contribution in [3.8, 4) is 0 Å². The van der Waals surface area contributed by atoms with Crippen molar-refractivity contribution in [2.75, 3.05) is 6.54 Å². The van der Waals surface area contributed by atoms with Crippen LogP contribution in [0.4, 0.5) is 0 Å². The Morgan fingerprint density at radius 2 is 1.76 bits per heavy atom. The number of rotatable bonds is 7. The molecule has 2 heteroatoms. The molecule has 0 amide bonds. The molecule has 2 N–H and O–H groups in total. The Kier molecular flexibility index (Phi) is 6.23. The molecule has 2 atom stereocenters. The minimum absolute atomic E-state index is 0.134. The Bertz CT molecular complexity index is 297. The SMILES string of the molecule is CC(C)CC(C)OC(CCN)c1ccccc1. The van der Waals surface area contributed by atoms with Crippen LogP contribution in [0.3, 0.4) is 0 Å². The van der Waals surface area contributed by atoms with Crippen molar-refractivity contribution in [1.82, 2.24) is 0 Å². The van der Waals surface area contributed by atoms with E-state index < -0.39 is 0 Å². The van der Waals surface area contributed by atoms with Gasteiger partial charge in [-0.1, -0.05) is 44.2 Å². The molecule has 0 spiro atoms. The maximum Gasteiger partial charge on any atom is 0.0840 e. The van der Waals surface area contributed by atoms with Gasteiger partial charge in [-0.15, -0.1) is 0 Å². The first kappa shape index (κ1) is 14.2. The Balaban J connectivity index is 2.60. The van der Waals surface area contributed by atoms with E-state index in [9.17, 15) is 0 Å². The lowest BCUT2D eigenvalue weighted by Crippen LogP contribution is -2.18. The van der Waals surface area contributed by atoms with Gasteiger partial charge in [0.25, 0.3) is 0 Å². The van der Waals surface area contributed by atoms with Crippen molar-refractivity contribution < 1.29 is 4.74 Å². The highest BCUT2D eigenvalue weighted by molar-refractivity contribution is 5.17. The first-order valence-corrected chi connectivity index (χ1v) is 6.54. The molecule has 0 aromatic heterocycles. The van der Waals surface area contributed by atoms with Gasteiger partial charge >= 0.3 is 0 Å². The second-order valence-electron chi connectivity index (χ2n) is 5.05. The summed E-state index contributed by atoms with van der Waals surface area (Å²) in [4.78, 5) is 0. The Morgan fingerprint density at radius 3 is 2.29 bits per heavy atom. The molecule has 0 aliphatic carbocycles. The van der Waals surface area contributed by atoms with Crippen molar-refractivity contribution in [2.45, 2.75) is 45.8 Å². The summed E-state index contributed by atoms with van der Waals surface area (Å²) in [6, 6.07) is 10.4. The molecule has 0 saturated carbocycles. The summed E-state index contributed by atoms with van der Waals surface area (Å²) < 4.78 is 6.11. The summed E-state index contributed by atoms with van der Waals surface area (Å²) in [6.45, 7) is 7.25. The standard InChI is InChI=1S/C15H25NO/c1-12(2)11-13(3)17-15(9-10-16)14-7-5-4-6-8-14/h4-8,12-13,15H,9-11,16H2,1-3H3. The summed E-state index contributed by atoms with van der Waals surface area (Å²) in [5, 5.41) is 0. The summed E-state index contributed by atoms with van der Waals surface area (Å²) >= 11 is 0. The number of hydrogen-bond donors (Lipinski definition) is 1. The normalized spacial score (nSPS) is 14.9. The van der Waals surface area contributed by atoms with Gasteiger partial charge in [-0.05, 0) is 37.8 Å². The summed E-state index contributed by atoms with van der Waals surface area (Å²) in [7, 11) is 0. The molecule has 0 fully saturated rings. The fourth-order valence-electron chi connectivity index (χ4n) is 2.13. The van der Waals surface area contributed by atoms with Crippen LogP contribution in [-0.4, -0.2) is 12.6 Å². The fraction of sp³-hybridized carbons (Fsp3) is 0.600. The van der Waals surface area contributed by atoms with Crippen LogP contribution in [0, 0.1) is 5.92 Å². The van der Waals surface area contributed by atoms with Crippen LogP contribution in [0.2, 0.25) is 0 Å². The average Bonchev–Trinajstić information content (AvgIpc) is 2.28. The van der Waals surface area contributed by atoms with E-state index in [2.05, 4.69) is 45.0 Å². The van der Waals surface area contributed by atoms with Crippen LogP contribution in [-0.2, 0) is 4.74 Å². The molecule has 1 aromatic rings. The lowest BCUT2D eigenvalue weighted by Gasteiger charge is -2.23. The van der Waals surface area contributed by atoms with Crippen LogP contribution >= 0.6 is 0 Å². The topological polar surface area (TPSA) is 35.2 Å². The summed E-state index contributed by atoms with van der Waals surface area (Å²) in [5.74, 6) is 0.666. The van der Waals surface area contributed by atoms with Gasteiger partial charge in [0.05, 0.1) is 12.2 Å². The second-order valence-corrected chi connectivity index (χ2v) is 5.05. The number of benzene rings is 1. The molecule has 1 rings (SSSR count). The maximum atomic E-state index is 6.11. The summed E-state index contributed by atoms with van der Waals surface area (Å²) in [5.41, 5.74) is 6.89. The zero-order valence-corrected chi connectivity index (χ0v) is 11.2. The van der Waals surface area contributed by atoms with Gasteiger partial charge in [0.1, 0.15) is 0 Å². The molecule has 0 aliphatic heterocycles. The predicted octanol–water partition coefficient (Wildman–Crippen LogP) is 3.53. The maximum absolute atomic E-state index is 6.11. The van der Waals surface area contributed by atoms with Crippen LogP contribution in [0.5, 0.6) is 0 Å². The molecular formula is C15H25NO. The molecule has 1 aromatic carbocycles. The van der Waals surface area contributed by atoms with Crippen molar-refractivity contribution in [1.29, 1.82) is 0 Å². The van der Waals surface area contributed by atoms with Gasteiger partial charge in [-0.3, -0.25) is 0 Å². The van der Waals surface area contributed by atoms with E-state index in [0.717, 1.165) is 12.8 Å². The molecule has 0 saturated heterocycles. The first-order valence-electron chi connectivity index (χ1n) is 6.54. The van der Waals surface area contributed by atoms with Gasteiger partial charge in [0.2, 0.25) is 0 Å². The zero-order chi connectivity index (χ0) is 12.7. The predicted molar refractivity (Wildman–Crippen MR) is 72.9 cm³/mol. The highest BCUT2D eigenvalue weighted by atomic mass is 16.5. The van der Waals surface area contributed by atoms with Crippen LogP contribution in [0.1, 0.15) is 45.3 Å². The van der Waals surface area contributed by atoms with Crippen LogP contribution < -0.4 is 5.73 Å². The highest BCUT2D eigenvalue weighted by Crippen LogP contribution is 2.24. The highest BCUT2D eigenvalue weighted by Gasteiger charge is 2.15. The fourth-order valence-corrected chi connectivity index (χ4v) is 2.13. The monoisotopic (exact) mass is 235 g/mol. The van der Waals surface area contributed by atoms with Gasteiger partial charge < -0.3 is 10.5 Å². The van der Waals surface area contributed by atoms with Crippen molar-refractivity contribution >= 4 is 0 Å². The average molecular weight is 235 g/mol. The Morgan fingerprint density at radius 1 is 1.12 bits per heavy atom. The van der Waals surface area contributed by atoms with E-state index in [1.807, 2.05) is 6.07 Å². The van der Waals surface area contributed by atoms with Gasteiger partial charge in [-0.2, -0.15) is 0 Å². The molecule has 2 nitrogen and oxygen atoms in total. The van der Waals surface area contributed by atoms with E-state index in [1.165, 1.54) is 5.56 Å². The number of nitrogens with two attached hydrogens (primary N) is 1. The van der Waals surface area contributed by atoms with E-state index in [-0.39, 0.29) is 12.2 Å². The van der Waals surface area contributed by atoms with Crippen LogP contribution in [0.25, 0.3) is 0 Å². The molecule has 0 bridgehead atoms. The molecular weight excluding hydrogens is 210 g/mol. The lowest BCUT2D eigenvalue weighted by atomic mass is 10.0. The molecule has 0 heterocycles. The first-order chi connectivity index (χ1) is 8.13. The molecule has 96 valence electrons. The van der Waals surface area contributed by atoms with E-state index >= 15 is 0 Å². The van der Waals surface area contributed by atoms with Crippen molar-refractivity contribution in [3.63, 3.8) is 0 Å². The van der Waals surface area contributed by atoms with Crippen LogP contribution in [0.15, 0.2) is 30.3 Å². The third-order valence-corrected chi connectivity index (χ3v) is 2.80. The van der Waals surface area contributed by atoms with Gasteiger partial charge in [0.15, 0.2) is 0 Å². The largest absolute Gasteiger partial charge is 0.371 e. The smallest absolute Gasteiger partial charge is 0.0840 e. The van der Waals surface area contributed by atoms with Gasteiger partial charge in [0, 0.05) is 0 Å².